The van der Waals surface area contributed by atoms with Crippen molar-refractivity contribution in [2.45, 2.75) is 0 Å². The number of nitrogens with zero attached hydrogens (tertiary/aromatic N) is 3. The quantitative estimate of drug-likeness (QED) is 0.135. The highest BCUT2D eigenvalue weighted by atomic mass is 32.1. The molecule has 2 aromatic heterocycles. The van der Waals surface area contributed by atoms with E-state index in [1.165, 1.54) is 52.8 Å². The molecule has 0 aliphatic rings. The smallest absolute Gasteiger partial charge is 0.164 e. The van der Waals surface area contributed by atoms with Gasteiger partial charge in [-0.3, -0.25) is 0 Å². The number of thiophene rings is 1. The molecule has 2 heterocycles. The molecule has 0 unspecified atom stereocenters. The summed E-state index contributed by atoms with van der Waals surface area (Å²) in [7, 11) is 0. The van der Waals surface area contributed by atoms with E-state index in [9.17, 15) is 0 Å². The van der Waals surface area contributed by atoms with Gasteiger partial charge in [0.2, 0.25) is 0 Å². The second-order valence-electron chi connectivity index (χ2n) is 12.8. The van der Waals surface area contributed by atoms with Crippen LogP contribution in [0.5, 0.6) is 0 Å². The molecule has 238 valence electrons. The second kappa shape index (κ2) is 12.1. The van der Waals surface area contributed by atoms with Gasteiger partial charge in [0.1, 0.15) is 0 Å². The van der Waals surface area contributed by atoms with E-state index in [0.29, 0.717) is 17.5 Å². The number of benzene rings is 8. The van der Waals surface area contributed by atoms with Gasteiger partial charge in [0, 0.05) is 26.3 Å². The van der Waals surface area contributed by atoms with E-state index in [2.05, 4.69) is 158 Å². The molecule has 0 saturated heterocycles. The SMILES string of the molecule is c1ccc(-c2nc(-c3ccc(-c4c5ccccc5cc5c4ccc4ccccc45)cc3)nc(-c3cccc(-c4cc5ccccc5s4)c3)n2)cc1. The maximum atomic E-state index is 5.09. The van der Waals surface area contributed by atoms with Gasteiger partial charge in [0.05, 0.1) is 0 Å². The molecular formula is C47H29N3S. The van der Waals surface area contributed by atoms with E-state index < -0.39 is 0 Å². The third-order valence-electron chi connectivity index (χ3n) is 9.70. The average molecular weight is 668 g/mol. The molecule has 10 rings (SSSR count). The van der Waals surface area contributed by atoms with E-state index in [1.54, 1.807) is 11.3 Å². The molecule has 0 atom stereocenters. The molecule has 0 radical (unpaired) electrons. The van der Waals surface area contributed by atoms with E-state index in [4.69, 9.17) is 15.0 Å². The number of hydrogen-bond donors (Lipinski definition) is 0. The molecule has 0 N–H and O–H groups in total. The van der Waals surface area contributed by atoms with Crippen LogP contribution in [0.15, 0.2) is 176 Å². The van der Waals surface area contributed by atoms with Crippen molar-refractivity contribution < 1.29 is 0 Å². The summed E-state index contributed by atoms with van der Waals surface area (Å²) in [5.74, 6) is 1.95. The van der Waals surface area contributed by atoms with Crippen molar-refractivity contribution in [3.8, 4) is 55.7 Å². The molecule has 0 aliphatic heterocycles. The minimum Gasteiger partial charge on any atom is -0.208 e. The lowest BCUT2D eigenvalue weighted by atomic mass is 9.89. The highest BCUT2D eigenvalue weighted by Gasteiger charge is 2.16. The number of hydrogen-bond acceptors (Lipinski definition) is 4. The van der Waals surface area contributed by atoms with Crippen LogP contribution in [-0.4, -0.2) is 15.0 Å². The van der Waals surface area contributed by atoms with Gasteiger partial charge in [-0.2, -0.15) is 0 Å². The largest absolute Gasteiger partial charge is 0.208 e. The third kappa shape index (κ3) is 5.25. The van der Waals surface area contributed by atoms with Gasteiger partial charge >= 0.3 is 0 Å². The Kier molecular flexibility index (Phi) is 7.00. The Balaban J connectivity index is 1.10. The minimum absolute atomic E-state index is 0.645. The van der Waals surface area contributed by atoms with Crippen molar-refractivity contribution in [2.75, 3.05) is 0 Å². The van der Waals surface area contributed by atoms with Crippen LogP contribution in [-0.2, 0) is 0 Å². The Hall–Kier alpha value is -6.49. The van der Waals surface area contributed by atoms with E-state index >= 15 is 0 Å². The highest BCUT2D eigenvalue weighted by Crippen LogP contribution is 2.40. The molecule has 10 aromatic rings. The number of rotatable bonds is 5. The molecule has 0 bridgehead atoms. The van der Waals surface area contributed by atoms with Crippen molar-refractivity contribution in [3.63, 3.8) is 0 Å². The molecule has 0 amide bonds. The van der Waals surface area contributed by atoms with Gasteiger partial charge in [-0.05, 0) is 78.7 Å². The zero-order chi connectivity index (χ0) is 33.7. The fourth-order valence-corrected chi connectivity index (χ4v) is 8.26. The van der Waals surface area contributed by atoms with Gasteiger partial charge in [0.25, 0.3) is 0 Å². The lowest BCUT2D eigenvalue weighted by Crippen LogP contribution is -2.00. The van der Waals surface area contributed by atoms with Gasteiger partial charge in [-0.1, -0.05) is 152 Å². The van der Waals surface area contributed by atoms with Crippen molar-refractivity contribution in [2.24, 2.45) is 0 Å². The Bertz CT molecular complexity index is 2880. The van der Waals surface area contributed by atoms with Gasteiger partial charge in [-0.15, -0.1) is 11.3 Å². The maximum absolute atomic E-state index is 5.09. The Morgan fingerprint density at radius 3 is 1.69 bits per heavy atom. The number of aromatic nitrogens is 3. The topological polar surface area (TPSA) is 38.7 Å². The first kappa shape index (κ1) is 29.4. The summed E-state index contributed by atoms with van der Waals surface area (Å²) in [5.41, 5.74) is 6.39. The predicted octanol–water partition coefficient (Wildman–Crippen LogP) is 12.9. The van der Waals surface area contributed by atoms with Gasteiger partial charge < -0.3 is 0 Å². The Labute approximate surface area is 299 Å². The third-order valence-corrected chi connectivity index (χ3v) is 10.9. The summed E-state index contributed by atoms with van der Waals surface area (Å²) in [5, 5.41) is 8.74. The van der Waals surface area contributed by atoms with Crippen LogP contribution in [0, 0.1) is 0 Å². The average Bonchev–Trinajstić information content (AvgIpc) is 3.65. The maximum Gasteiger partial charge on any atom is 0.164 e. The predicted molar refractivity (Wildman–Crippen MR) is 215 cm³/mol. The molecular weight excluding hydrogens is 639 g/mol. The fourth-order valence-electron chi connectivity index (χ4n) is 7.20. The Morgan fingerprint density at radius 2 is 0.902 bits per heavy atom. The highest BCUT2D eigenvalue weighted by molar-refractivity contribution is 7.22. The summed E-state index contributed by atoms with van der Waals surface area (Å²) in [6.45, 7) is 0. The summed E-state index contributed by atoms with van der Waals surface area (Å²) in [4.78, 5) is 16.4. The van der Waals surface area contributed by atoms with Crippen LogP contribution in [0.1, 0.15) is 0 Å². The fraction of sp³-hybridized carbons (Fsp3) is 0. The lowest BCUT2D eigenvalue weighted by Gasteiger charge is -2.14. The van der Waals surface area contributed by atoms with Crippen LogP contribution in [0.25, 0.3) is 98.1 Å². The standard InChI is InChI=1S/C47H29N3S/c1-2-12-32(13-3-1)45-48-46(50-47(49-45)37-17-10-16-35(27-37)43-29-36-15-6-9-20-42(36)51-43)33-23-21-31(22-24-33)44-39-19-8-5-14-34(39)28-41-38-18-7-4-11-30(38)25-26-40(41)44/h1-29H. The van der Waals surface area contributed by atoms with Crippen molar-refractivity contribution >= 4 is 53.7 Å². The van der Waals surface area contributed by atoms with Crippen LogP contribution < -0.4 is 0 Å². The molecule has 0 spiro atoms. The van der Waals surface area contributed by atoms with Crippen LogP contribution in [0.4, 0.5) is 0 Å². The second-order valence-corrected chi connectivity index (χ2v) is 13.9. The first-order chi connectivity index (χ1) is 25.2. The molecule has 3 nitrogen and oxygen atoms in total. The van der Waals surface area contributed by atoms with Gasteiger partial charge in [-0.25, -0.2) is 15.0 Å². The molecule has 0 fully saturated rings. The first-order valence-corrected chi connectivity index (χ1v) is 17.9. The van der Waals surface area contributed by atoms with Crippen LogP contribution >= 0.6 is 11.3 Å². The van der Waals surface area contributed by atoms with Crippen LogP contribution in [0.3, 0.4) is 0 Å². The van der Waals surface area contributed by atoms with E-state index in [1.807, 2.05) is 18.2 Å². The molecule has 0 aliphatic carbocycles. The Morgan fingerprint density at radius 1 is 0.314 bits per heavy atom. The molecule has 0 saturated carbocycles. The first-order valence-electron chi connectivity index (χ1n) is 17.1. The van der Waals surface area contributed by atoms with Gasteiger partial charge in [0.15, 0.2) is 17.5 Å². The molecule has 51 heavy (non-hydrogen) atoms. The molecule has 4 heteroatoms. The summed E-state index contributed by atoms with van der Waals surface area (Å²) >= 11 is 1.80. The van der Waals surface area contributed by atoms with Crippen molar-refractivity contribution in [1.82, 2.24) is 15.0 Å². The van der Waals surface area contributed by atoms with E-state index in [-0.39, 0.29) is 0 Å². The van der Waals surface area contributed by atoms with Crippen molar-refractivity contribution in [3.05, 3.63) is 176 Å². The van der Waals surface area contributed by atoms with Crippen molar-refractivity contribution in [1.29, 1.82) is 0 Å². The minimum atomic E-state index is 0.645. The zero-order valence-corrected chi connectivity index (χ0v) is 28.3. The van der Waals surface area contributed by atoms with Crippen LogP contribution in [0.2, 0.25) is 0 Å². The van der Waals surface area contributed by atoms with E-state index in [0.717, 1.165) is 27.8 Å². The summed E-state index contributed by atoms with van der Waals surface area (Å²) in [6, 6.07) is 62.3. The zero-order valence-electron chi connectivity index (χ0n) is 27.5. The molecule has 8 aromatic carbocycles. The summed E-state index contributed by atoms with van der Waals surface area (Å²) < 4.78 is 1.28. The lowest BCUT2D eigenvalue weighted by molar-refractivity contribution is 1.07. The normalized spacial score (nSPS) is 11.5. The monoisotopic (exact) mass is 667 g/mol. The number of fused-ring (bicyclic) bond motifs is 5. The summed E-state index contributed by atoms with van der Waals surface area (Å²) in [6.07, 6.45) is 0.